The molecule has 21 saturated heterocycles. The van der Waals surface area contributed by atoms with E-state index in [0.717, 1.165) is 0 Å². The molecule has 14 bridgehead atoms. The van der Waals surface area contributed by atoms with Gasteiger partial charge in [0.2, 0.25) is 0 Å². The summed E-state index contributed by atoms with van der Waals surface area (Å²) in [6, 6.07) is 0. The van der Waals surface area contributed by atoms with E-state index in [2.05, 4.69) is 0 Å². The predicted octanol–water partition coefficient (Wildman–Crippen LogP) is -15.2. The molecule has 77 heavy (non-hydrogen) atoms. The maximum Gasteiger partial charge on any atom is 0.187 e. The molecule has 0 aliphatic carbocycles. The SMILES string of the molecule is OCC1OC2OC3C(CO)OC(OC4C(CO)OC(O[C@@H]5C(CO)OC(OC6C(CO)OC(OC7C(CO)OC(OC8C(CO)OC(OC1C(O)C2O)C(O)C8O)C(O)C7O)C(O)C6O)C(O)C5O)C(O)C4O)C(O)C3O. The van der Waals surface area contributed by atoms with Crippen molar-refractivity contribution in [1.82, 2.24) is 0 Å². The third kappa shape index (κ3) is 12.1. The molecule has 21 heterocycles. The summed E-state index contributed by atoms with van der Waals surface area (Å²) in [6.45, 7) is -7.33. The molecule has 0 aromatic carbocycles. The third-order valence-electron chi connectivity index (χ3n) is 14.8. The van der Waals surface area contributed by atoms with Crippen LogP contribution in [0.5, 0.6) is 0 Å². The highest BCUT2D eigenvalue weighted by molar-refractivity contribution is 5.01. The lowest BCUT2D eigenvalue weighted by atomic mass is 9.95. The van der Waals surface area contributed by atoms with Gasteiger partial charge in [-0.15, -0.1) is 0 Å². The average Bonchev–Trinajstić information content (AvgIpc) is 3.47. The third-order valence-corrected chi connectivity index (χ3v) is 14.8. The Morgan fingerprint density at radius 3 is 0.351 bits per heavy atom. The molecule has 0 spiro atoms. The summed E-state index contributed by atoms with van der Waals surface area (Å²) in [7, 11) is 0. The van der Waals surface area contributed by atoms with Gasteiger partial charge in [0.25, 0.3) is 0 Å². The van der Waals surface area contributed by atoms with E-state index in [1.54, 1.807) is 0 Å². The minimum Gasteiger partial charge on any atom is -0.394 e. The van der Waals surface area contributed by atoms with Gasteiger partial charge in [-0.3, -0.25) is 0 Å². The fourth-order valence-corrected chi connectivity index (χ4v) is 10.4. The highest BCUT2D eigenvalue weighted by Crippen LogP contribution is 2.39. The van der Waals surface area contributed by atoms with Crippen LogP contribution in [0.25, 0.3) is 0 Å². The molecule has 0 aromatic rings. The largest absolute Gasteiger partial charge is 0.394 e. The summed E-state index contributed by atoms with van der Waals surface area (Å²) in [5.74, 6) is 0. The first-order valence-corrected chi connectivity index (χ1v) is 24.6. The summed E-state index contributed by atoms with van der Waals surface area (Å²) >= 11 is 0. The van der Waals surface area contributed by atoms with Gasteiger partial charge >= 0.3 is 0 Å². The lowest BCUT2D eigenvalue weighted by Crippen LogP contribution is -2.68. The van der Waals surface area contributed by atoms with Crippen LogP contribution in [-0.2, 0) is 66.3 Å². The van der Waals surface area contributed by atoms with E-state index >= 15 is 0 Å². The van der Waals surface area contributed by atoms with Crippen molar-refractivity contribution in [3.8, 4) is 0 Å². The van der Waals surface area contributed by atoms with Crippen molar-refractivity contribution < 1.29 is 174 Å². The maximum atomic E-state index is 11.3. The van der Waals surface area contributed by atoms with Crippen LogP contribution in [0.1, 0.15) is 0 Å². The second-order valence-electron chi connectivity index (χ2n) is 19.7. The lowest BCUT2D eigenvalue weighted by Gasteiger charge is -2.50. The highest BCUT2D eigenvalue weighted by atomic mass is 16.8. The summed E-state index contributed by atoms with van der Waals surface area (Å²) in [5, 5.41) is 230. The Bertz CT molecular complexity index is 1470. The summed E-state index contributed by atoms with van der Waals surface area (Å²) in [6.07, 6.45) is -70.2. The molecular weight excluding hydrogens is 1060 g/mol. The lowest BCUT2D eigenvalue weighted by molar-refractivity contribution is -0.396. The van der Waals surface area contributed by atoms with Crippen LogP contribution in [0.3, 0.4) is 0 Å². The van der Waals surface area contributed by atoms with Crippen LogP contribution in [0, 0.1) is 0 Å². The van der Waals surface area contributed by atoms with Gasteiger partial charge in [-0.1, -0.05) is 0 Å². The van der Waals surface area contributed by atoms with Gasteiger partial charge in [0.05, 0.1) is 46.2 Å². The maximum absolute atomic E-state index is 11.3. The first kappa shape index (κ1) is 61.7. The van der Waals surface area contributed by atoms with E-state index in [-0.39, 0.29) is 0 Å². The Kier molecular flexibility index (Phi) is 20.8. The highest BCUT2D eigenvalue weighted by Gasteiger charge is 2.59. The average molecular weight is 1130 g/mol. The Morgan fingerprint density at radius 1 is 0.156 bits per heavy atom. The molecule has 35 atom stereocenters. The number of hydrogen-bond donors (Lipinski definition) is 21. The molecule has 0 amide bonds. The van der Waals surface area contributed by atoms with Crippen molar-refractivity contribution in [2.45, 2.75) is 215 Å². The van der Waals surface area contributed by atoms with Crippen LogP contribution >= 0.6 is 0 Å². The van der Waals surface area contributed by atoms with Gasteiger partial charge in [-0.25, -0.2) is 0 Å². The van der Waals surface area contributed by atoms with Crippen molar-refractivity contribution in [2.75, 3.05) is 46.2 Å². The summed E-state index contributed by atoms with van der Waals surface area (Å²) < 4.78 is 79.5. The fraction of sp³-hybridized carbons (Fsp3) is 1.00. The molecule has 21 fully saturated rings. The second-order valence-corrected chi connectivity index (χ2v) is 19.7. The molecule has 34 unspecified atom stereocenters. The molecule has 21 aliphatic heterocycles. The smallest absolute Gasteiger partial charge is 0.187 e. The monoisotopic (exact) mass is 1130 g/mol. The van der Waals surface area contributed by atoms with Crippen LogP contribution in [0.4, 0.5) is 0 Å². The van der Waals surface area contributed by atoms with Crippen LogP contribution < -0.4 is 0 Å². The first-order valence-electron chi connectivity index (χ1n) is 24.6. The van der Waals surface area contributed by atoms with Gasteiger partial charge in [0.1, 0.15) is 171 Å². The minimum atomic E-state index is -2.21. The van der Waals surface area contributed by atoms with Gasteiger partial charge < -0.3 is 174 Å². The standard InChI is InChI=1S/C42H70O35/c43-1-8-29-15(50)22(57)36(64-8)72-30-9(2-44)66-38(24(59)17(30)52)74-32-11(4-46)68-40(26(61)19(32)54)76-34-13(6-48)70-42(28(63)21(34)56)77-35-14(7-49)69-41(27(62)20(35)55)75-33-12(5-47)67-39(25(60)18(33)53)73-31-10(3-45)65-37(71-29)23(58)16(31)51/h8-63H,1-7H2/t8?,9?,10?,11?,12?,13?,14?,15?,16?,17?,18?,19?,20?,21?,22?,23?,24?,25?,26?,27?,28?,29-,30?,31?,32?,33?,34?,35?,36?,37?,38?,39?,40?,41?,42?/m1/s1. The zero-order valence-corrected chi connectivity index (χ0v) is 40.3. The van der Waals surface area contributed by atoms with E-state index in [9.17, 15) is 107 Å². The minimum absolute atomic E-state index is 1.05. The fourth-order valence-electron chi connectivity index (χ4n) is 10.4. The van der Waals surface area contributed by atoms with E-state index in [1.165, 1.54) is 0 Å². The van der Waals surface area contributed by atoms with Crippen molar-refractivity contribution in [3.63, 3.8) is 0 Å². The summed E-state index contributed by atoms with van der Waals surface area (Å²) in [4.78, 5) is 0. The van der Waals surface area contributed by atoms with E-state index in [0.29, 0.717) is 0 Å². The van der Waals surface area contributed by atoms with Gasteiger partial charge in [0, 0.05) is 0 Å². The van der Waals surface area contributed by atoms with Crippen LogP contribution in [-0.4, -0.2) is 368 Å². The van der Waals surface area contributed by atoms with Gasteiger partial charge in [0.15, 0.2) is 44.0 Å². The Morgan fingerprint density at radius 2 is 0.260 bits per heavy atom. The van der Waals surface area contributed by atoms with Crippen molar-refractivity contribution in [2.24, 2.45) is 0 Å². The van der Waals surface area contributed by atoms with E-state index in [1.807, 2.05) is 0 Å². The Balaban J connectivity index is 1.08. The van der Waals surface area contributed by atoms with E-state index in [4.69, 9.17) is 66.3 Å². The summed E-state index contributed by atoms with van der Waals surface area (Å²) in [5.41, 5.74) is 0. The van der Waals surface area contributed by atoms with Crippen LogP contribution in [0.15, 0.2) is 0 Å². The number of rotatable bonds is 7. The molecule has 21 N–H and O–H groups in total. The molecule has 35 heteroatoms. The van der Waals surface area contributed by atoms with Crippen molar-refractivity contribution in [3.05, 3.63) is 0 Å². The van der Waals surface area contributed by atoms with E-state index < -0.39 is 261 Å². The van der Waals surface area contributed by atoms with Gasteiger partial charge in [-0.2, -0.15) is 0 Å². The normalized spacial score (nSPS) is 55.4. The number of hydrogen-bond acceptors (Lipinski definition) is 35. The Labute approximate surface area is 434 Å². The first-order chi connectivity index (χ1) is 36.7. The molecule has 0 saturated carbocycles. The molecule has 0 radical (unpaired) electrons. The number of ether oxygens (including phenoxy) is 14. The molecule has 35 nitrogen and oxygen atoms in total. The molecule has 448 valence electrons. The molecular formula is C42H70O35. The topological polar surface area (TPSA) is 554 Å². The quantitative estimate of drug-likeness (QED) is 0.113. The van der Waals surface area contributed by atoms with Crippen LogP contribution in [0.2, 0.25) is 0 Å². The zero-order chi connectivity index (χ0) is 56.1. The second kappa shape index (κ2) is 26.0. The molecule has 21 aliphatic rings. The molecule has 21 rings (SSSR count). The molecule has 0 aromatic heterocycles. The number of aliphatic hydroxyl groups excluding tert-OH is 21. The zero-order valence-electron chi connectivity index (χ0n) is 40.3. The van der Waals surface area contributed by atoms with Crippen molar-refractivity contribution >= 4 is 0 Å². The van der Waals surface area contributed by atoms with Crippen molar-refractivity contribution in [1.29, 1.82) is 0 Å². The Hall–Kier alpha value is -1.40. The predicted molar refractivity (Wildman–Crippen MR) is 228 cm³/mol. The van der Waals surface area contributed by atoms with Gasteiger partial charge in [-0.05, 0) is 0 Å². The number of aliphatic hydroxyl groups is 21.